The summed E-state index contributed by atoms with van der Waals surface area (Å²) in [5.74, 6) is 0.739. The Morgan fingerprint density at radius 1 is 0.786 bits per heavy atom. The summed E-state index contributed by atoms with van der Waals surface area (Å²) in [6.45, 7) is 1.27. The van der Waals surface area contributed by atoms with Crippen LogP contribution in [0.15, 0.2) is 84.9 Å². The zero-order valence-corrected chi connectivity index (χ0v) is 16.7. The van der Waals surface area contributed by atoms with Crippen LogP contribution in [0.5, 0.6) is 5.75 Å². The van der Waals surface area contributed by atoms with Crippen LogP contribution in [0.2, 0.25) is 0 Å². The van der Waals surface area contributed by atoms with Gasteiger partial charge in [0.25, 0.3) is 0 Å². The lowest BCUT2D eigenvalue weighted by molar-refractivity contribution is 0.0183. The zero-order valence-electron chi connectivity index (χ0n) is 16.7. The molecule has 0 aliphatic rings. The third-order valence-electron chi connectivity index (χ3n) is 4.94. The van der Waals surface area contributed by atoms with Gasteiger partial charge in [-0.2, -0.15) is 0 Å². The highest BCUT2D eigenvalue weighted by atomic mass is 16.5. The Kier molecular flexibility index (Phi) is 6.85. The third-order valence-corrected chi connectivity index (χ3v) is 4.94. The lowest BCUT2D eigenvalue weighted by Crippen LogP contribution is -2.33. The quantitative estimate of drug-likeness (QED) is 0.591. The number of hydrogen-bond acceptors (Lipinski definition) is 3. The second kappa shape index (κ2) is 9.54. The summed E-state index contributed by atoms with van der Waals surface area (Å²) in [6, 6.07) is 28.1. The maximum atomic E-state index is 11.8. The average Bonchev–Trinajstić information content (AvgIpc) is 2.72. The number of nitrogens with zero attached hydrogens (tertiary/aromatic N) is 1. The van der Waals surface area contributed by atoms with Gasteiger partial charge in [0.2, 0.25) is 0 Å². The summed E-state index contributed by atoms with van der Waals surface area (Å²) in [4.78, 5) is 2.10. The predicted molar refractivity (Wildman–Crippen MR) is 114 cm³/mol. The van der Waals surface area contributed by atoms with Crippen LogP contribution in [0.1, 0.15) is 23.1 Å². The molecule has 3 rings (SSSR count). The van der Waals surface area contributed by atoms with E-state index in [0.717, 1.165) is 29.0 Å². The average molecular weight is 376 g/mol. The van der Waals surface area contributed by atoms with Gasteiger partial charge in [0.15, 0.2) is 0 Å². The van der Waals surface area contributed by atoms with Gasteiger partial charge in [-0.05, 0) is 37.7 Å². The van der Waals surface area contributed by atoms with E-state index in [1.165, 1.54) is 0 Å². The van der Waals surface area contributed by atoms with Gasteiger partial charge < -0.3 is 14.7 Å². The Balaban J connectivity index is 1.88. The Morgan fingerprint density at radius 2 is 1.36 bits per heavy atom. The molecule has 3 nitrogen and oxygen atoms in total. The number of aliphatic hydroxyl groups is 1. The van der Waals surface area contributed by atoms with Crippen LogP contribution in [0.25, 0.3) is 0 Å². The van der Waals surface area contributed by atoms with E-state index in [-0.39, 0.29) is 0 Å². The van der Waals surface area contributed by atoms with E-state index in [0.29, 0.717) is 19.4 Å². The summed E-state index contributed by atoms with van der Waals surface area (Å²) in [7, 11) is 4.06. The van der Waals surface area contributed by atoms with E-state index in [1.54, 1.807) is 0 Å². The topological polar surface area (TPSA) is 32.7 Å². The van der Waals surface area contributed by atoms with Crippen molar-refractivity contribution in [3.8, 4) is 5.75 Å². The van der Waals surface area contributed by atoms with Gasteiger partial charge in [-0.15, -0.1) is 0 Å². The Morgan fingerprint density at radius 3 is 2.00 bits per heavy atom. The molecular formula is C25H29NO2. The largest absolute Gasteiger partial charge is 0.489 e. The number of para-hydroxylation sites is 1. The van der Waals surface area contributed by atoms with Crippen LogP contribution in [0, 0.1) is 0 Å². The van der Waals surface area contributed by atoms with E-state index in [9.17, 15) is 5.11 Å². The minimum absolute atomic E-state index is 0.479. The predicted octanol–water partition coefficient (Wildman–Crippen LogP) is 4.65. The molecule has 28 heavy (non-hydrogen) atoms. The molecule has 0 heterocycles. The van der Waals surface area contributed by atoms with Crippen LogP contribution in [0.3, 0.4) is 0 Å². The van der Waals surface area contributed by atoms with Gasteiger partial charge >= 0.3 is 0 Å². The number of benzene rings is 3. The van der Waals surface area contributed by atoms with E-state index in [2.05, 4.69) is 17.0 Å². The highest BCUT2D eigenvalue weighted by Gasteiger charge is 2.32. The summed E-state index contributed by atoms with van der Waals surface area (Å²) < 4.78 is 6.14. The van der Waals surface area contributed by atoms with Crippen molar-refractivity contribution in [1.82, 2.24) is 4.90 Å². The Bertz CT molecular complexity index is 849. The van der Waals surface area contributed by atoms with Gasteiger partial charge in [-0.1, -0.05) is 78.9 Å². The fourth-order valence-corrected chi connectivity index (χ4v) is 3.37. The van der Waals surface area contributed by atoms with E-state index >= 15 is 0 Å². The molecule has 3 aromatic carbocycles. The number of ether oxygens (including phenoxy) is 1. The molecule has 1 unspecified atom stereocenters. The fraction of sp³-hybridized carbons (Fsp3) is 0.280. The van der Waals surface area contributed by atoms with Gasteiger partial charge in [-0.25, -0.2) is 0 Å². The summed E-state index contributed by atoms with van der Waals surface area (Å²) in [5.41, 5.74) is 2.06. The molecule has 0 aromatic heterocycles. The molecule has 0 aliphatic heterocycles. The van der Waals surface area contributed by atoms with Crippen LogP contribution >= 0.6 is 0 Å². The number of rotatable bonds is 9. The number of hydrogen-bond donors (Lipinski definition) is 1. The first-order valence-corrected chi connectivity index (χ1v) is 9.74. The first-order chi connectivity index (χ1) is 13.6. The molecule has 0 bridgehead atoms. The molecule has 0 spiro atoms. The van der Waals surface area contributed by atoms with Crippen molar-refractivity contribution in [2.45, 2.75) is 25.0 Å². The van der Waals surface area contributed by atoms with Crippen molar-refractivity contribution in [2.24, 2.45) is 0 Å². The van der Waals surface area contributed by atoms with Gasteiger partial charge in [-0.3, -0.25) is 0 Å². The van der Waals surface area contributed by atoms with Crippen molar-refractivity contribution < 1.29 is 9.84 Å². The minimum atomic E-state index is -1.00. The van der Waals surface area contributed by atoms with Crippen molar-refractivity contribution in [3.63, 3.8) is 0 Å². The van der Waals surface area contributed by atoms with Crippen molar-refractivity contribution in [1.29, 1.82) is 0 Å². The molecule has 146 valence electrons. The zero-order chi connectivity index (χ0) is 19.8. The highest BCUT2D eigenvalue weighted by molar-refractivity contribution is 5.39. The van der Waals surface area contributed by atoms with Crippen LogP contribution < -0.4 is 4.74 Å². The molecule has 0 saturated heterocycles. The van der Waals surface area contributed by atoms with Crippen LogP contribution in [0.4, 0.5) is 0 Å². The lowest BCUT2D eigenvalue weighted by atomic mass is 9.83. The lowest BCUT2D eigenvalue weighted by Gasteiger charge is -2.32. The molecule has 0 saturated carbocycles. The summed E-state index contributed by atoms with van der Waals surface area (Å²) >= 11 is 0. The van der Waals surface area contributed by atoms with Gasteiger partial charge in [0, 0.05) is 18.5 Å². The van der Waals surface area contributed by atoms with E-state index < -0.39 is 5.60 Å². The first-order valence-electron chi connectivity index (χ1n) is 9.74. The van der Waals surface area contributed by atoms with Crippen molar-refractivity contribution in [3.05, 3.63) is 102 Å². The molecule has 1 N–H and O–H groups in total. The SMILES string of the molecule is CN(C)CCC(O)(Cc1ccccc1)c1ccccc1OCc1ccccc1. The fourth-order valence-electron chi connectivity index (χ4n) is 3.37. The first kappa shape index (κ1) is 20.1. The summed E-state index contributed by atoms with van der Waals surface area (Å²) in [6.07, 6.45) is 1.17. The molecule has 0 amide bonds. The Hall–Kier alpha value is -2.62. The van der Waals surface area contributed by atoms with Gasteiger partial charge in [0.1, 0.15) is 12.4 Å². The summed E-state index contributed by atoms with van der Waals surface area (Å²) in [5, 5.41) is 11.8. The van der Waals surface area contributed by atoms with Crippen LogP contribution in [-0.2, 0) is 18.6 Å². The van der Waals surface area contributed by atoms with Gasteiger partial charge in [0.05, 0.1) is 5.60 Å². The Labute approximate surface area is 168 Å². The highest BCUT2D eigenvalue weighted by Crippen LogP contribution is 2.36. The van der Waals surface area contributed by atoms with Crippen LogP contribution in [-0.4, -0.2) is 30.6 Å². The molecular weight excluding hydrogens is 346 g/mol. The molecule has 1 atom stereocenters. The standard InChI is InChI=1S/C25H29NO2/c1-26(2)18-17-25(27,19-21-11-5-3-6-12-21)23-15-9-10-16-24(23)28-20-22-13-7-4-8-14-22/h3-16,27H,17-20H2,1-2H3. The maximum absolute atomic E-state index is 11.8. The molecule has 3 heteroatoms. The smallest absolute Gasteiger partial charge is 0.125 e. The monoisotopic (exact) mass is 375 g/mol. The molecule has 0 aliphatic carbocycles. The maximum Gasteiger partial charge on any atom is 0.125 e. The van der Waals surface area contributed by atoms with E-state index in [1.807, 2.05) is 86.9 Å². The minimum Gasteiger partial charge on any atom is -0.489 e. The second-order valence-corrected chi connectivity index (χ2v) is 7.52. The van der Waals surface area contributed by atoms with Crippen molar-refractivity contribution in [2.75, 3.05) is 20.6 Å². The molecule has 0 fully saturated rings. The van der Waals surface area contributed by atoms with E-state index in [4.69, 9.17) is 4.74 Å². The third kappa shape index (κ3) is 5.44. The second-order valence-electron chi connectivity index (χ2n) is 7.52. The molecule has 3 aromatic rings. The van der Waals surface area contributed by atoms with Crippen molar-refractivity contribution >= 4 is 0 Å². The normalized spacial score (nSPS) is 13.3. The molecule has 0 radical (unpaired) electrons.